The number of hydrogen-bond donors (Lipinski definition) is 1. The van der Waals surface area contributed by atoms with Gasteiger partial charge in [-0.15, -0.1) is 0 Å². The lowest BCUT2D eigenvalue weighted by Gasteiger charge is -2.35. The molecule has 0 radical (unpaired) electrons. The average Bonchev–Trinajstić information content (AvgIpc) is 2.79. The molecule has 0 atom stereocenters. The summed E-state index contributed by atoms with van der Waals surface area (Å²) in [7, 11) is -0.459. The van der Waals surface area contributed by atoms with E-state index in [0.717, 1.165) is 11.3 Å². The van der Waals surface area contributed by atoms with Gasteiger partial charge < -0.3 is 14.1 Å². The predicted octanol–water partition coefficient (Wildman–Crippen LogP) is 3.66. The lowest BCUT2D eigenvalue weighted by molar-refractivity contribution is 0.295. The van der Waals surface area contributed by atoms with Gasteiger partial charge in [-0.2, -0.15) is 0 Å². The van der Waals surface area contributed by atoms with Crippen LogP contribution >= 0.6 is 0 Å². The molecule has 0 bridgehead atoms. The number of rotatable bonds is 6. The summed E-state index contributed by atoms with van der Waals surface area (Å²) in [5.41, 5.74) is 1.75. The van der Waals surface area contributed by atoms with Crippen LogP contribution in [0.15, 0.2) is 30.7 Å². The van der Waals surface area contributed by atoms with Crippen LogP contribution in [0.5, 0.6) is 5.75 Å². The molecular weight excluding hydrogens is 311 g/mol. The SMILES string of the molecule is Cn1cncc1COc1cc(F)cc(CC(C)(C)[Si](C)(C)O)c1. The molecule has 1 N–H and O–H groups in total. The Hall–Kier alpha value is -1.66. The lowest BCUT2D eigenvalue weighted by Crippen LogP contribution is -2.40. The fourth-order valence-electron chi connectivity index (χ4n) is 2.21. The molecule has 0 spiro atoms. The lowest BCUT2D eigenvalue weighted by atomic mass is 10.0. The third-order valence-corrected chi connectivity index (χ3v) is 8.03. The first-order valence-corrected chi connectivity index (χ1v) is 10.6. The third-order valence-electron chi connectivity index (χ3n) is 4.54. The maximum atomic E-state index is 13.9. The van der Waals surface area contributed by atoms with Crippen molar-refractivity contribution in [3.05, 3.63) is 47.8 Å². The number of ether oxygens (including phenoxy) is 1. The van der Waals surface area contributed by atoms with E-state index in [4.69, 9.17) is 4.74 Å². The molecule has 0 aliphatic carbocycles. The van der Waals surface area contributed by atoms with Gasteiger partial charge in [-0.1, -0.05) is 13.8 Å². The largest absolute Gasteiger partial charge is 0.487 e. The van der Waals surface area contributed by atoms with Crippen molar-refractivity contribution >= 4 is 8.32 Å². The molecule has 0 fully saturated rings. The fourth-order valence-corrected chi connectivity index (χ4v) is 2.85. The van der Waals surface area contributed by atoms with Crippen molar-refractivity contribution < 1.29 is 13.9 Å². The van der Waals surface area contributed by atoms with Crippen molar-refractivity contribution in [2.45, 2.75) is 45.0 Å². The normalized spacial score (nSPS) is 12.5. The maximum absolute atomic E-state index is 13.9. The number of halogens is 1. The van der Waals surface area contributed by atoms with Crippen LogP contribution < -0.4 is 4.74 Å². The molecule has 0 unspecified atom stereocenters. The summed E-state index contributed by atoms with van der Waals surface area (Å²) in [5, 5.41) is -0.250. The Kier molecular flexibility index (Phi) is 4.96. The Morgan fingerprint density at radius 3 is 2.57 bits per heavy atom. The molecule has 23 heavy (non-hydrogen) atoms. The van der Waals surface area contributed by atoms with Crippen molar-refractivity contribution in [3.63, 3.8) is 0 Å². The third kappa shape index (κ3) is 4.42. The number of benzene rings is 1. The fraction of sp³-hybridized carbons (Fsp3) is 0.471. The molecule has 0 aliphatic rings. The second kappa shape index (κ2) is 6.45. The summed E-state index contributed by atoms with van der Waals surface area (Å²) >= 11 is 0. The van der Waals surface area contributed by atoms with E-state index in [1.165, 1.54) is 12.1 Å². The van der Waals surface area contributed by atoms with E-state index in [9.17, 15) is 9.19 Å². The Morgan fingerprint density at radius 1 is 1.30 bits per heavy atom. The van der Waals surface area contributed by atoms with Crippen LogP contribution in [-0.4, -0.2) is 22.7 Å². The standard InChI is InChI=1S/C17H25FN2O2Si/c1-17(2,23(4,5)21)9-13-6-14(18)8-16(7-13)22-11-15-10-19-12-20(15)3/h6-8,10,12,21H,9,11H2,1-5H3. The Balaban J connectivity index is 2.14. The number of hydrogen-bond acceptors (Lipinski definition) is 3. The van der Waals surface area contributed by atoms with Gasteiger partial charge in [0.25, 0.3) is 0 Å². The Morgan fingerprint density at radius 2 is 2.00 bits per heavy atom. The van der Waals surface area contributed by atoms with Crippen LogP contribution in [0.25, 0.3) is 0 Å². The maximum Gasteiger partial charge on any atom is 0.188 e. The zero-order chi connectivity index (χ0) is 17.3. The zero-order valence-electron chi connectivity index (χ0n) is 14.4. The molecule has 2 rings (SSSR count). The smallest absolute Gasteiger partial charge is 0.188 e. The monoisotopic (exact) mass is 336 g/mol. The highest BCUT2D eigenvalue weighted by atomic mass is 28.4. The minimum absolute atomic E-state index is 0.250. The number of aromatic nitrogens is 2. The molecule has 0 aliphatic heterocycles. The van der Waals surface area contributed by atoms with Crippen molar-refractivity contribution in [1.82, 2.24) is 9.55 Å². The predicted molar refractivity (Wildman–Crippen MR) is 91.4 cm³/mol. The highest BCUT2D eigenvalue weighted by Gasteiger charge is 2.38. The quantitative estimate of drug-likeness (QED) is 0.819. The first-order valence-electron chi connectivity index (χ1n) is 7.68. The Labute approximate surface area is 138 Å². The Bertz CT molecular complexity index is 677. The second-order valence-electron chi connectivity index (χ2n) is 7.20. The van der Waals surface area contributed by atoms with Crippen molar-refractivity contribution in [1.29, 1.82) is 0 Å². The van der Waals surface area contributed by atoms with Crippen LogP contribution in [0.3, 0.4) is 0 Å². The number of nitrogens with zero attached hydrogens (tertiary/aromatic N) is 2. The summed E-state index contributed by atoms with van der Waals surface area (Å²) in [6.45, 7) is 8.21. The summed E-state index contributed by atoms with van der Waals surface area (Å²) in [6, 6.07) is 4.74. The van der Waals surface area contributed by atoms with Crippen LogP contribution in [0.2, 0.25) is 18.1 Å². The van der Waals surface area contributed by atoms with E-state index < -0.39 is 8.32 Å². The molecule has 2 aromatic rings. The molecule has 1 aromatic heterocycles. The minimum Gasteiger partial charge on any atom is -0.487 e. The van der Waals surface area contributed by atoms with Gasteiger partial charge >= 0.3 is 0 Å². The van der Waals surface area contributed by atoms with Crippen LogP contribution in [0.4, 0.5) is 4.39 Å². The summed E-state index contributed by atoms with van der Waals surface area (Å²) < 4.78 is 21.5. The van der Waals surface area contributed by atoms with Gasteiger partial charge in [-0.25, -0.2) is 9.37 Å². The van der Waals surface area contributed by atoms with Crippen LogP contribution in [-0.2, 0) is 20.1 Å². The molecule has 4 nitrogen and oxygen atoms in total. The van der Waals surface area contributed by atoms with Gasteiger partial charge in [-0.05, 0) is 42.2 Å². The average molecular weight is 336 g/mol. The first-order chi connectivity index (χ1) is 10.6. The minimum atomic E-state index is -2.35. The summed E-state index contributed by atoms with van der Waals surface area (Å²) in [5.74, 6) is 0.171. The highest BCUT2D eigenvalue weighted by Crippen LogP contribution is 2.39. The van der Waals surface area contributed by atoms with E-state index in [0.29, 0.717) is 18.8 Å². The van der Waals surface area contributed by atoms with E-state index >= 15 is 0 Å². The molecule has 1 heterocycles. The van der Waals surface area contributed by atoms with Crippen LogP contribution in [0.1, 0.15) is 25.1 Å². The molecule has 0 saturated carbocycles. The van der Waals surface area contributed by atoms with Gasteiger partial charge in [0.2, 0.25) is 0 Å². The van der Waals surface area contributed by atoms with Gasteiger partial charge in [0.05, 0.1) is 18.2 Å². The first kappa shape index (κ1) is 17.7. The summed E-state index contributed by atoms with van der Waals surface area (Å²) in [4.78, 5) is 14.4. The molecule has 6 heteroatoms. The highest BCUT2D eigenvalue weighted by molar-refractivity contribution is 6.72. The van der Waals surface area contributed by atoms with Gasteiger partial charge in [0.15, 0.2) is 8.32 Å². The number of aryl methyl sites for hydroxylation is 1. The number of imidazole rings is 1. The topological polar surface area (TPSA) is 47.3 Å². The van der Waals surface area contributed by atoms with E-state index in [1.807, 2.05) is 44.6 Å². The van der Waals surface area contributed by atoms with Crippen molar-refractivity contribution in [3.8, 4) is 5.75 Å². The van der Waals surface area contributed by atoms with E-state index in [2.05, 4.69) is 4.98 Å². The van der Waals surface area contributed by atoms with E-state index in [-0.39, 0.29) is 10.9 Å². The van der Waals surface area contributed by atoms with Gasteiger partial charge in [0.1, 0.15) is 18.2 Å². The molecular formula is C17H25FN2O2Si. The van der Waals surface area contributed by atoms with Gasteiger partial charge in [-0.3, -0.25) is 0 Å². The van der Waals surface area contributed by atoms with E-state index in [1.54, 1.807) is 12.5 Å². The molecule has 0 amide bonds. The molecule has 126 valence electrons. The molecule has 0 saturated heterocycles. The second-order valence-corrected chi connectivity index (χ2v) is 11.7. The summed E-state index contributed by atoms with van der Waals surface area (Å²) in [6.07, 6.45) is 4.04. The van der Waals surface area contributed by atoms with Crippen molar-refractivity contribution in [2.24, 2.45) is 7.05 Å². The van der Waals surface area contributed by atoms with Crippen molar-refractivity contribution in [2.75, 3.05) is 0 Å². The van der Waals surface area contributed by atoms with Gasteiger partial charge in [0, 0.05) is 13.1 Å². The zero-order valence-corrected chi connectivity index (χ0v) is 15.4. The molecule has 1 aromatic carbocycles. The van der Waals surface area contributed by atoms with Crippen LogP contribution in [0, 0.1) is 5.82 Å².